The predicted octanol–water partition coefficient (Wildman–Crippen LogP) is 4.13. The zero-order valence-corrected chi connectivity index (χ0v) is 21.9. The highest BCUT2D eigenvalue weighted by Gasteiger charge is 2.35. The van der Waals surface area contributed by atoms with E-state index in [1.165, 1.54) is 7.11 Å². The number of rotatable bonds is 4. The third-order valence-corrected chi connectivity index (χ3v) is 6.02. The van der Waals surface area contributed by atoms with E-state index in [0.717, 1.165) is 11.4 Å². The lowest BCUT2D eigenvalue weighted by atomic mass is 10.1. The van der Waals surface area contributed by atoms with Crippen LogP contribution in [0.4, 0.5) is 16.3 Å². The minimum Gasteiger partial charge on any atom is -0.496 e. The van der Waals surface area contributed by atoms with Gasteiger partial charge in [-0.1, -0.05) is 0 Å². The molecule has 4 heterocycles. The molecule has 4 rings (SSSR count). The second-order valence-electron chi connectivity index (χ2n) is 10.2. The summed E-state index contributed by atoms with van der Waals surface area (Å²) in [5, 5.41) is 2.84. The molecule has 0 bridgehead atoms. The highest BCUT2D eigenvalue weighted by molar-refractivity contribution is 6.05. The van der Waals surface area contributed by atoms with Crippen LogP contribution in [0.5, 0.6) is 5.75 Å². The van der Waals surface area contributed by atoms with Crippen LogP contribution in [0.3, 0.4) is 0 Å². The van der Waals surface area contributed by atoms with Crippen molar-refractivity contribution in [3.05, 3.63) is 48.0 Å². The highest BCUT2D eigenvalue weighted by atomic mass is 16.6. The number of pyridine rings is 2. The summed E-state index contributed by atoms with van der Waals surface area (Å²) >= 11 is 0. The number of anilines is 2. The molecule has 0 aliphatic carbocycles. The van der Waals surface area contributed by atoms with Gasteiger partial charge in [-0.25, -0.2) is 14.8 Å². The minimum absolute atomic E-state index is 0.0304. The normalized spacial score (nSPS) is 18.3. The van der Waals surface area contributed by atoms with E-state index in [0.29, 0.717) is 35.9 Å². The summed E-state index contributed by atoms with van der Waals surface area (Å²) in [7, 11) is 1.52. The number of nitrogens with one attached hydrogen (secondary N) is 1. The summed E-state index contributed by atoms with van der Waals surface area (Å²) in [6.07, 6.45) is 4.99. The minimum atomic E-state index is -0.536. The summed E-state index contributed by atoms with van der Waals surface area (Å²) in [4.78, 5) is 38.5. The third kappa shape index (κ3) is 5.37. The van der Waals surface area contributed by atoms with Crippen LogP contribution >= 0.6 is 0 Å². The molecule has 0 radical (unpaired) electrons. The summed E-state index contributed by atoms with van der Waals surface area (Å²) < 4.78 is 12.8. The van der Waals surface area contributed by atoms with Gasteiger partial charge in [0.1, 0.15) is 22.8 Å². The molecule has 10 heteroatoms. The molecule has 3 aromatic heterocycles. The van der Waals surface area contributed by atoms with E-state index in [2.05, 4.69) is 20.2 Å². The molecule has 10 nitrogen and oxygen atoms in total. The van der Waals surface area contributed by atoms with E-state index in [1.54, 1.807) is 33.8 Å². The van der Waals surface area contributed by atoms with Gasteiger partial charge in [-0.3, -0.25) is 9.69 Å². The largest absolute Gasteiger partial charge is 0.496 e. The van der Waals surface area contributed by atoms with Crippen molar-refractivity contribution >= 4 is 29.2 Å². The van der Waals surface area contributed by atoms with Gasteiger partial charge in [-0.15, -0.1) is 0 Å². The predicted molar refractivity (Wildman–Crippen MR) is 138 cm³/mol. The molecule has 0 saturated carbocycles. The first-order valence-corrected chi connectivity index (χ1v) is 12.0. The Morgan fingerprint density at radius 2 is 1.81 bits per heavy atom. The van der Waals surface area contributed by atoms with Crippen LogP contribution in [0.1, 0.15) is 50.7 Å². The van der Waals surface area contributed by atoms with E-state index >= 15 is 0 Å². The molecule has 0 spiro atoms. The zero-order valence-electron chi connectivity index (χ0n) is 21.9. The summed E-state index contributed by atoms with van der Waals surface area (Å²) in [5.74, 6) is 0.544. The Morgan fingerprint density at radius 3 is 2.39 bits per heavy atom. The second-order valence-corrected chi connectivity index (χ2v) is 10.2. The summed E-state index contributed by atoms with van der Waals surface area (Å²) in [6.45, 7) is 12.8. The highest BCUT2D eigenvalue weighted by Crippen LogP contribution is 2.26. The molecule has 0 unspecified atom stereocenters. The van der Waals surface area contributed by atoms with Gasteiger partial charge >= 0.3 is 6.09 Å². The molecule has 192 valence electrons. The number of methoxy groups -OCH3 is 1. The second kappa shape index (κ2) is 9.67. The standard InChI is InChI=1S/C26H34N6O4/c1-16-12-31-15-20(21(35-7)10-23(31)28-16)24(33)29-22-9-8-19(11-27-22)30-13-17(2)32(18(3)14-30)25(34)36-26(4,5)6/h8-12,15,17-18H,13-14H2,1-7H3,(H,27,29,33)/t17-,18+. The zero-order chi connectivity index (χ0) is 26.2. The average molecular weight is 495 g/mol. The molecular formula is C26H34N6O4. The number of aromatic nitrogens is 3. The maximum absolute atomic E-state index is 13.0. The van der Waals surface area contributed by atoms with Crippen molar-refractivity contribution in [1.29, 1.82) is 0 Å². The van der Waals surface area contributed by atoms with Crippen molar-refractivity contribution in [3.63, 3.8) is 0 Å². The topological polar surface area (TPSA) is 101 Å². The molecule has 1 aliphatic heterocycles. The smallest absolute Gasteiger partial charge is 0.410 e. The van der Waals surface area contributed by atoms with Crippen molar-refractivity contribution in [1.82, 2.24) is 19.3 Å². The Hall–Kier alpha value is -3.82. The average Bonchev–Trinajstić information content (AvgIpc) is 3.15. The molecule has 2 amide bonds. The number of hydrogen-bond acceptors (Lipinski definition) is 7. The lowest BCUT2D eigenvalue weighted by molar-refractivity contribution is 0.00565. The number of piperazine rings is 1. The number of carbonyl (C=O) groups excluding carboxylic acids is 2. The fraction of sp³-hybridized carbons (Fsp3) is 0.462. The van der Waals surface area contributed by atoms with Crippen LogP contribution < -0.4 is 15.0 Å². The van der Waals surface area contributed by atoms with Crippen LogP contribution in [0, 0.1) is 6.92 Å². The Balaban J connectivity index is 1.44. The monoisotopic (exact) mass is 494 g/mol. The lowest BCUT2D eigenvalue weighted by Gasteiger charge is -2.45. The SMILES string of the molecule is COc1cc2nc(C)cn2cc1C(=O)Nc1ccc(N2C[C@@H](C)N(C(=O)OC(C)(C)C)[C@@H](C)C2)cn1. The number of hydrogen-bond donors (Lipinski definition) is 1. The number of amides is 2. The van der Waals surface area contributed by atoms with E-state index in [9.17, 15) is 9.59 Å². The molecule has 1 saturated heterocycles. The number of carbonyl (C=O) groups is 2. The summed E-state index contributed by atoms with van der Waals surface area (Å²) in [5.41, 5.74) is 2.32. The first-order valence-electron chi connectivity index (χ1n) is 12.0. The van der Waals surface area contributed by atoms with Crippen LogP contribution in [0.15, 0.2) is 36.8 Å². The number of aryl methyl sites for hydroxylation is 1. The van der Waals surface area contributed by atoms with Gasteiger partial charge in [-0.05, 0) is 53.7 Å². The Kier molecular flexibility index (Phi) is 6.79. The molecule has 2 atom stereocenters. The lowest BCUT2D eigenvalue weighted by Crippen LogP contribution is -2.59. The molecule has 0 aromatic carbocycles. The van der Waals surface area contributed by atoms with Crippen molar-refractivity contribution in [2.45, 2.75) is 59.2 Å². The molecule has 36 heavy (non-hydrogen) atoms. The number of nitrogens with zero attached hydrogens (tertiary/aromatic N) is 5. The van der Waals surface area contributed by atoms with Gasteiger partial charge in [0, 0.05) is 31.5 Å². The first-order chi connectivity index (χ1) is 16.9. The molecule has 1 fully saturated rings. The van der Waals surface area contributed by atoms with Gasteiger partial charge in [0.05, 0.1) is 42.3 Å². The number of ether oxygens (including phenoxy) is 2. The number of imidazole rings is 1. The van der Waals surface area contributed by atoms with Crippen molar-refractivity contribution in [2.75, 3.05) is 30.4 Å². The quantitative estimate of drug-likeness (QED) is 0.582. The van der Waals surface area contributed by atoms with E-state index < -0.39 is 5.60 Å². The maximum atomic E-state index is 13.0. The van der Waals surface area contributed by atoms with E-state index in [1.807, 2.05) is 53.8 Å². The van der Waals surface area contributed by atoms with Crippen LogP contribution in [-0.4, -0.2) is 69.2 Å². The molecule has 3 aromatic rings. The van der Waals surface area contributed by atoms with Crippen LogP contribution in [-0.2, 0) is 4.74 Å². The van der Waals surface area contributed by atoms with E-state index in [-0.39, 0.29) is 24.1 Å². The fourth-order valence-corrected chi connectivity index (χ4v) is 4.52. The van der Waals surface area contributed by atoms with Crippen molar-refractivity contribution < 1.29 is 19.1 Å². The number of fused-ring (bicyclic) bond motifs is 1. The van der Waals surface area contributed by atoms with Gasteiger partial charge in [0.25, 0.3) is 5.91 Å². The third-order valence-electron chi connectivity index (χ3n) is 6.02. The van der Waals surface area contributed by atoms with Gasteiger partial charge < -0.3 is 24.1 Å². The van der Waals surface area contributed by atoms with Crippen LogP contribution in [0.2, 0.25) is 0 Å². The van der Waals surface area contributed by atoms with Crippen molar-refractivity contribution in [2.24, 2.45) is 0 Å². The van der Waals surface area contributed by atoms with Crippen molar-refractivity contribution in [3.8, 4) is 5.75 Å². The fourth-order valence-electron chi connectivity index (χ4n) is 4.52. The Labute approximate surface area is 211 Å². The van der Waals surface area contributed by atoms with Gasteiger partial charge in [0.2, 0.25) is 0 Å². The molecule has 1 aliphatic rings. The van der Waals surface area contributed by atoms with Gasteiger partial charge in [0.15, 0.2) is 0 Å². The first kappa shape index (κ1) is 25.3. The maximum Gasteiger partial charge on any atom is 0.410 e. The molecule has 1 N–H and O–H groups in total. The van der Waals surface area contributed by atoms with E-state index in [4.69, 9.17) is 9.47 Å². The summed E-state index contributed by atoms with van der Waals surface area (Å²) in [6, 6.07) is 5.37. The van der Waals surface area contributed by atoms with Crippen LogP contribution in [0.25, 0.3) is 5.65 Å². The Bertz CT molecular complexity index is 1250. The Morgan fingerprint density at radius 1 is 1.11 bits per heavy atom. The van der Waals surface area contributed by atoms with Gasteiger partial charge in [-0.2, -0.15) is 0 Å². The molecular weight excluding hydrogens is 460 g/mol.